The molecule has 3 N–H and O–H groups in total. The molecule has 3 aliphatic carbocycles. The van der Waals surface area contributed by atoms with Gasteiger partial charge in [-0.15, -0.1) is 11.3 Å². The summed E-state index contributed by atoms with van der Waals surface area (Å²) in [6.45, 7) is 8.40. The summed E-state index contributed by atoms with van der Waals surface area (Å²) in [5, 5.41) is 10.1. The van der Waals surface area contributed by atoms with Gasteiger partial charge in [-0.25, -0.2) is 18.2 Å². The number of azo groups is 2. The van der Waals surface area contributed by atoms with Crippen LogP contribution in [-0.2, 0) is 35.6 Å². The van der Waals surface area contributed by atoms with E-state index >= 15 is 0 Å². The smallest absolute Gasteiger partial charge is 0.407 e. The first-order valence-electron chi connectivity index (χ1n) is 21.6. The molecule has 18 nitrogen and oxygen atoms in total. The summed E-state index contributed by atoms with van der Waals surface area (Å²) >= 11 is 0. The van der Waals surface area contributed by atoms with Gasteiger partial charge in [0.2, 0.25) is 33.6 Å². The minimum atomic E-state index is -3.93. The first-order chi connectivity index (χ1) is 29.6. The number of amidine groups is 1. The Morgan fingerprint density at radius 3 is 2.58 bits per heavy atom. The van der Waals surface area contributed by atoms with Crippen LogP contribution in [0, 0.1) is 17.3 Å². The third-order valence-electron chi connectivity index (χ3n) is 12.9. The minimum absolute atomic E-state index is 0.00939. The number of nitrogens with zero attached hydrogens (tertiary/aromatic N) is 5. The van der Waals surface area contributed by atoms with Crippen LogP contribution in [0.2, 0.25) is 0 Å². The summed E-state index contributed by atoms with van der Waals surface area (Å²) in [7, 11) is -0.519. The molecule has 2 aromatic rings. The zero-order valence-corrected chi connectivity index (χ0v) is 36.6. The second-order valence-corrected chi connectivity index (χ2v) is 20.3. The van der Waals surface area contributed by atoms with Crippen LogP contribution in [-0.4, -0.2) is 122 Å². The van der Waals surface area contributed by atoms with E-state index in [4.69, 9.17) is 23.9 Å². The van der Waals surface area contributed by atoms with Crippen LogP contribution < -0.4 is 29.6 Å². The molecule has 5 atom stereocenters. The first-order valence-corrected chi connectivity index (χ1v) is 23.1. The average molecular weight is 878 g/mol. The van der Waals surface area contributed by atoms with Crippen molar-refractivity contribution in [2.24, 2.45) is 27.4 Å². The molecule has 334 valence electrons. The molecular formula is C43H57N8O10S+. The minimum Gasteiger partial charge on any atom is -0.496 e. The highest BCUT2D eigenvalue weighted by Crippen LogP contribution is 2.46. The lowest BCUT2D eigenvalue weighted by molar-refractivity contribution is -0.552. The van der Waals surface area contributed by atoms with E-state index < -0.39 is 74.1 Å². The molecule has 19 heteroatoms. The summed E-state index contributed by atoms with van der Waals surface area (Å²) < 4.78 is 54.2. The summed E-state index contributed by atoms with van der Waals surface area (Å²) in [5.41, 5.74) is -0.532. The number of carbonyl (C=O) groups excluding carboxylic acids is 4. The van der Waals surface area contributed by atoms with Gasteiger partial charge in [-0.2, -0.15) is 4.99 Å². The third-order valence-corrected chi connectivity index (χ3v) is 14.8. The number of aliphatic imine (C=N–C) groups is 1. The molecule has 62 heavy (non-hydrogen) atoms. The number of sulfonamides is 1. The van der Waals surface area contributed by atoms with Crippen LogP contribution in [0.25, 0.3) is 10.9 Å². The number of ether oxygens (including phenoxy) is 4. The lowest BCUT2D eigenvalue weighted by Crippen LogP contribution is -2.59. The number of hydrogen-bond donors (Lipinski definition) is 3. The van der Waals surface area contributed by atoms with Crippen LogP contribution in [0.5, 0.6) is 17.4 Å². The SMILES string of the molecule is C=C[C@@H]1C[C@]1(NC(=O)[C@@H]1C[C@@H]2CN1C(=O)[C@H](C1CCCC1)NC(=O)OCC(C)(C)CCCc1cc3c(cc(OCC4=NC[N+](C)=N4)nc3cc1OC)O2)C(=O)NS(=O)(=O)C1CC1. The summed E-state index contributed by atoms with van der Waals surface area (Å²) in [6.07, 6.45) is 6.34. The number of nitrogens with one attached hydrogen (secondary N) is 3. The summed E-state index contributed by atoms with van der Waals surface area (Å²) in [6, 6.07) is 3.33. The number of methoxy groups -OCH3 is 1. The van der Waals surface area contributed by atoms with Gasteiger partial charge in [0.1, 0.15) is 35.2 Å². The van der Waals surface area contributed by atoms with Crippen molar-refractivity contribution >= 4 is 50.6 Å². The normalized spacial score (nSPS) is 27.8. The van der Waals surface area contributed by atoms with Crippen molar-refractivity contribution in [3.63, 3.8) is 0 Å². The van der Waals surface area contributed by atoms with Gasteiger partial charge >= 0.3 is 6.09 Å². The van der Waals surface area contributed by atoms with Crippen molar-refractivity contribution in [3.05, 3.63) is 36.4 Å². The Morgan fingerprint density at radius 2 is 1.90 bits per heavy atom. The second-order valence-electron chi connectivity index (χ2n) is 18.3. The Bertz CT molecular complexity index is 2320. The summed E-state index contributed by atoms with van der Waals surface area (Å²) in [5.74, 6) is -0.955. The topological polar surface area (TPSA) is 219 Å². The number of alkyl carbamates (subject to hydrolysis) is 1. The maximum absolute atomic E-state index is 14.9. The van der Waals surface area contributed by atoms with Gasteiger partial charge in [0.25, 0.3) is 12.6 Å². The number of aryl methyl sites for hydroxylation is 1. The molecule has 8 rings (SSSR count). The highest BCUT2D eigenvalue weighted by molar-refractivity contribution is 7.91. The quantitative estimate of drug-likeness (QED) is 0.218. The number of aromatic nitrogens is 1. The molecule has 3 aliphatic heterocycles. The number of fused-ring (bicyclic) bond motifs is 3. The monoisotopic (exact) mass is 877 g/mol. The Labute approximate surface area is 361 Å². The molecule has 4 bridgehead atoms. The molecule has 4 heterocycles. The Hall–Kier alpha value is -5.33. The zero-order valence-electron chi connectivity index (χ0n) is 35.8. The van der Waals surface area contributed by atoms with E-state index in [0.29, 0.717) is 67.0 Å². The predicted molar refractivity (Wildman–Crippen MR) is 225 cm³/mol. The maximum atomic E-state index is 14.9. The molecule has 4 amide bonds. The Morgan fingerprint density at radius 1 is 1.13 bits per heavy atom. The number of carbonyl (C=O) groups is 4. The summed E-state index contributed by atoms with van der Waals surface area (Å²) in [4.78, 5) is 67.4. The van der Waals surface area contributed by atoms with E-state index in [1.54, 1.807) is 17.9 Å². The van der Waals surface area contributed by atoms with Crippen LogP contribution >= 0.6 is 0 Å². The number of rotatable bonds is 11. The standard InChI is InChI=1S/C43H56N8O10S/c1-6-27-20-43(27,40(54)49-62(56,57)29-13-14-29)47-38(52)32-17-28-21-51(32)39(53)37(25-10-7-8-11-25)46-41(55)60-23-42(2,3)15-9-12-26-16-30-31(18-33(26)58-5)45-36(19-34(30)61-28)59-22-35-44-24-50(4)48-35/h6,16,18-19,25,27-29,32,37H,1,7-15,17,20-24H2,2-5H3,(H2-,46,47,49,52,54,55)/p+1/t27-,28-,32+,37+,43-/m1/s1. The van der Waals surface area contributed by atoms with Gasteiger partial charge in [0, 0.05) is 35.0 Å². The van der Waals surface area contributed by atoms with E-state index in [1.165, 1.54) is 11.0 Å². The van der Waals surface area contributed by atoms with Crippen molar-refractivity contribution < 1.29 is 51.2 Å². The lowest BCUT2D eigenvalue weighted by Gasteiger charge is -2.32. The largest absolute Gasteiger partial charge is 0.496 e. The van der Waals surface area contributed by atoms with E-state index in [2.05, 4.69) is 32.0 Å². The van der Waals surface area contributed by atoms with Crippen LogP contribution in [0.4, 0.5) is 4.79 Å². The lowest BCUT2D eigenvalue weighted by atomic mass is 9.87. The fraction of sp³-hybridized carbons (Fsp3) is 0.628. The Balaban J connectivity index is 1.16. The molecule has 4 fully saturated rings. The molecule has 3 saturated carbocycles. The van der Waals surface area contributed by atoms with E-state index in [1.807, 2.05) is 33.0 Å². The van der Waals surface area contributed by atoms with Crippen molar-refractivity contribution in [3.8, 4) is 17.4 Å². The van der Waals surface area contributed by atoms with Gasteiger partial charge < -0.3 is 34.5 Å². The average Bonchev–Trinajstić information content (AvgIpc) is 4.03. The fourth-order valence-electron chi connectivity index (χ4n) is 9.14. The molecular weight excluding hydrogens is 821 g/mol. The molecule has 0 radical (unpaired) electrons. The van der Waals surface area contributed by atoms with Crippen molar-refractivity contribution in [2.45, 2.75) is 113 Å². The number of benzene rings is 1. The van der Waals surface area contributed by atoms with Crippen LogP contribution in [0.1, 0.15) is 83.6 Å². The molecule has 6 aliphatic rings. The highest BCUT2D eigenvalue weighted by Gasteiger charge is 2.62. The van der Waals surface area contributed by atoms with Crippen molar-refractivity contribution in [1.29, 1.82) is 0 Å². The maximum Gasteiger partial charge on any atom is 0.407 e. The van der Waals surface area contributed by atoms with E-state index in [-0.39, 0.29) is 44.4 Å². The fourth-order valence-corrected chi connectivity index (χ4v) is 10.5. The third kappa shape index (κ3) is 9.22. The first kappa shape index (κ1) is 43.3. The predicted octanol–water partition coefficient (Wildman–Crippen LogP) is 3.75. The number of cyclic esters (lactones) is 1. The van der Waals surface area contributed by atoms with E-state index in [9.17, 15) is 27.6 Å². The van der Waals surface area contributed by atoms with Gasteiger partial charge in [-0.1, -0.05) is 32.8 Å². The molecule has 1 aromatic heterocycles. The molecule has 1 saturated heterocycles. The van der Waals surface area contributed by atoms with E-state index in [0.717, 1.165) is 31.2 Å². The number of hydrogen-bond acceptors (Lipinski definition) is 13. The van der Waals surface area contributed by atoms with Crippen LogP contribution in [0.3, 0.4) is 0 Å². The molecule has 0 spiro atoms. The second kappa shape index (κ2) is 17.1. The molecule has 1 aromatic carbocycles. The molecule has 0 unspecified atom stereocenters. The Kier molecular flexibility index (Phi) is 11.9. The van der Waals surface area contributed by atoms with Gasteiger partial charge in [-0.05, 0) is 74.3 Å². The van der Waals surface area contributed by atoms with Crippen molar-refractivity contribution in [1.82, 2.24) is 25.2 Å². The number of amides is 4. The van der Waals surface area contributed by atoms with Gasteiger partial charge in [0.05, 0.1) is 31.0 Å². The van der Waals surface area contributed by atoms with Gasteiger partial charge in [0.15, 0.2) is 13.7 Å². The highest BCUT2D eigenvalue weighted by atomic mass is 32.2. The zero-order chi connectivity index (χ0) is 44.0. The number of pyridine rings is 1. The van der Waals surface area contributed by atoms with Crippen molar-refractivity contribution in [2.75, 3.05) is 40.6 Å². The van der Waals surface area contributed by atoms with Crippen LogP contribution in [0.15, 0.2) is 41.0 Å². The van der Waals surface area contributed by atoms with Gasteiger partial charge in [-0.3, -0.25) is 19.1 Å².